The van der Waals surface area contributed by atoms with E-state index in [1.165, 1.54) is 6.92 Å². The van der Waals surface area contributed by atoms with E-state index in [1.54, 1.807) is 13.8 Å². The van der Waals surface area contributed by atoms with Crippen LogP contribution in [-0.2, 0) is 24.0 Å². The highest BCUT2D eigenvalue weighted by molar-refractivity contribution is 7.80. The van der Waals surface area contributed by atoms with Crippen molar-refractivity contribution in [3.63, 3.8) is 0 Å². The van der Waals surface area contributed by atoms with Gasteiger partial charge in [-0.05, 0) is 44.6 Å². The van der Waals surface area contributed by atoms with Gasteiger partial charge in [0.05, 0.1) is 12.1 Å². The minimum atomic E-state index is -1.43. The van der Waals surface area contributed by atoms with Gasteiger partial charge in [0.15, 0.2) is 0 Å². The van der Waals surface area contributed by atoms with Gasteiger partial charge < -0.3 is 36.8 Å². The molecule has 206 valence electrons. The molecule has 0 aliphatic carbocycles. The molecule has 0 bridgehead atoms. The molecule has 4 amide bonds. The topological polar surface area (TPSA) is 186 Å². The Bertz CT molecular complexity index is 787. The average Bonchev–Trinajstić information content (AvgIpc) is 3.32. The quantitative estimate of drug-likeness (QED) is 0.128. The van der Waals surface area contributed by atoms with E-state index in [4.69, 9.17) is 0 Å². The van der Waals surface area contributed by atoms with Gasteiger partial charge in [-0.3, -0.25) is 19.2 Å². The molecule has 1 heterocycles. The van der Waals surface area contributed by atoms with Crippen molar-refractivity contribution in [1.29, 1.82) is 0 Å². The molecule has 13 heteroatoms. The number of carbonyl (C=O) groups excluding carboxylic acids is 4. The summed E-state index contributed by atoms with van der Waals surface area (Å²) < 4.78 is 0. The summed E-state index contributed by atoms with van der Waals surface area (Å²) in [6.07, 6.45) is 0.375. The summed E-state index contributed by atoms with van der Waals surface area (Å²) in [6, 6.07) is -5.13. The molecule has 1 aliphatic heterocycles. The molecule has 1 fully saturated rings. The van der Waals surface area contributed by atoms with E-state index >= 15 is 0 Å². The highest BCUT2D eigenvalue weighted by Crippen LogP contribution is 2.09. The maximum Gasteiger partial charge on any atom is 0.326 e. The molecule has 1 aliphatic rings. The van der Waals surface area contributed by atoms with Crippen molar-refractivity contribution in [3.05, 3.63) is 0 Å². The molecule has 0 spiro atoms. The molecule has 0 unspecified atom stereocenters. The molecular weight excluding hydrogens is 490 g/mol. The van der Waals surface area contributed by atoms with Gasteiger partial charge in [0, 0.05) is 5.75 Å². The predicted octanol–water partition coefficient (Wildman–Crippen LogP) is -1.23. The predicted molar refractivity (Wildman–Crippen MR) is 136 cm³/mol. The number of rotatable bonds is 14. The highest BCUT2D eigenvalue weighted by Gasteiger charge is 2.35. The first kappa shape index (κ1) is 31.6. The second-order valence-corrected chi connectivity index (χ2v) is 10.2. The van der Waals surface area contributed by atoms with Crippen LogP contribution in [0, 0.1) is 11.8 Å². The molecule has 0 aromatic rings. The molecule has 1 saturated heterocycles. The van der Waals surface area contributed by atoms with Crippen LogP contribution < -0.4 is 26.6 Å². The summed E-state index contributed by atoms with van der Waals surface area (Å²) in [4.78, 5) is 62.5. The van der Waals surface area contributed by atoms with Crippen molar-refractivity contribution in [3.8, 4) is 0 Å². The van der Waals surface area contributed by atoms with Gasteiger partial charge in [0.25, 0.3) is 0 Å². The van der Waals surface area contributed by atoms with Crippen LogP contribution >= 0.6 is 12.6 Å². The Morgan fingerprint density at radius 3 is 1.92 bits per heavy atom. The third kappa shape index (κ3) is 9.94. The fourth-order valence-corrected chi connectivity index (χ4v) is 4.02. The van der Waals surface area contributed by atoms with Crippen LogP contribution in [0.3, 0.4) is 0 Å². The second-order valence-electron chi connectivity index (χ2n) is 9.88. The lowest BCUT2D eigenvalue weighted by Crippen LogP contribution is -2.61. The fraction of sp³-hybridized carbons (Fsp3) is 0.783. The molecule has 1 rings (SSSR count). The molecule has 0 aromatic carbocycles. The molecule has 36 heavy (non-hydrogen) atoms. The van der Waals surface area contributed by atoms with Gasteiger partial charge in [-0.15, -0.1) is 0 Å². The van der Waals surface area contributed by atoms with Crippen LogP contribution in [0.1, 0.15) is 53.9 Å². The number of hydrogen-bond acceptors (Lipinski definition) is 8. The van der Waals surface area contributed by atoms with E-state index in [0.29, 0.717) is 13.0 Å². The SMILES string of the molecule is CC(C)C[C@H](NC(=O)[C@H](CS)NC(=O)[C@@H](NC(=O)[C@@H](NC(=O)[C@@H]1CCCN1)C(C)C)[C@@H](C)O)C(=O)O. The first-order valence-electron chi connectivity index (χ1n) is 12.2. The highest BCUT2D eigenvalue weighted by atomic mass is 32.1. The van der Waals surface area contributed by atoms with E-state index in [2.05, 4.69) is 39.2 Å². The van der Waals surface area contributed by atoms with Gasteiger partial charge in [-0.25, -0.2) is 4.79 Å². The number of carboxylic acid groups (broad SMARTS) is 1. The normalized spacial score (nSPS) is 19.6. The van der Waals surface area contributed by atoms with Crippen molar-refractivity contribution in [1.82, 2.24) is 26.6 Å². The van der Waals surface area contributed by atoms with E-state index in [-0.39, 0.29) is 29.9 Å². The monoisotopic (exact) mass is 531 g/mol. The third-order valence-corrected chi connectivity index (χ3v) is 6.19. The summed E-state index contributed by atoms with van der Waals surface area (Å²) >= 11 is 4.08. The summed E-state index contributed by atoms with van der Waals surface area (Å²) in [7, 11) is 0. The first-order valence-corrected chi connectivity index (χ1v) is 12.9. The van der Waals surface area contributed by atoms with Crippen LogP contribution in [0.5, 0.6) is 0 Å². The molecule has 0 saturated carbocycles. The molecule has 12 nitrogen and oxygen atoms in total. The lowest BCUT2D eigenvalue weighted by molar-refractivity contribution is -0.142. The summed E-state index contributed by atoms with van der Waals surface area (Å²) in [5.74, 6) is -4.24. The third-order valence-electron chi connectivity index (χ3n) is 5.82. The number of aliphatic hydroxyl groups is 1. The van der Waals surface area contributed by atoms with Crippen molar-refractivity contribution in [2.45, 2.75) is 90.2 Å². The zero-order chi connectivity index (χ0) is 27.6. The average molecular weight is 532 g/mol. The second kappa shape index (κ2) is 15.0. The lowest BCUT2D eigenvalue weighted by atomic mass is 10.0. The van der Waals surface area contributed by atoms with E-state index < -0.39 is 60.0 Å². The number of aliphatic carboxylic acids is 1. The van der Waals surface area contributed by atoms with Gasteiger partial charge in [0.2, 0.25) is 23.6 Å². The number of carboxylic acids is 1. The first-order chi connectivity index (χ1) is 16.8. The molecule has 0 aromatic heterocycles. The zero-order valence-corrected chi connectivity index (χ0v) is 22.4. The summed E-state index contributed by atoms with van der Waals surface area (Å²) in [5, 5.41) is 32.6. The van der Waals surface area contributed by atoms with E-state index in [0.717, 1.165) is 6.42 Å². The van der Waals surface area contributed by atoms with Gasteiger partial charge in [-0.2, -0.15) is 12.6 Å². The smallest absolute Gasteiger partial charge is 0.326 e. The van der Waals surface area contributed by atoms with Gasteiger partial charge in [-0.1, -0.05) is 27.7 Å². The minimum Gasteiger partial charge on any atom is -0.480 e. The summed E-state index contributed by atoms with van der Waals surface area (Å²) in [5.41, 5.74) is 0. The van der Waals surface area contributed by atoms with Crippen LogP contribution in [0.2, 0.25) is 0 Å². The van der Waals surface area contributed by atoms with E-state index in [9.17, 15) is 34.2 Å². The van der Waals surface area contributed by atoms with Gasteiger partial charge in [0.1, 0.15) is 24.2 Å². The van der Waals surface area contributed by atoms with Gasteiger partial charge >= 0.3 is 5.97 Å². The number of carbonyl (C=O) groups is 5. The number of nitrogens with one attached hydrogen (secondary N) is 5. The maximum atomic E-state index is 13.0. The van der Waals surface area contributed by atoms with Crippen molar-refractivity contribution >= 4 is 42.2 Å². The molecule has 0 radical (unpaired) electrons. The fourth-order valence-electron chi connectivity index (χ4n) is 3.77. The Balaban J connectivity index is 2.88. The Kier molecular flexibility index (Phi) is 13.2. The Hall–Kier alpha value is -2.38. The van der Waals surface area contributed by atoms with Crippen LogP contribution in [0.15, 0.2) is 0 Å². The lowest BCUT2D eigenvalue weighted by Gasteiger charge is -2.28. The van der Waals surface area contributed by atoms with Crippen LogP contribution in [0.25, 0.3) is 0 Å². The Morgan fingerprint density at radius 1 is 0.889 bits per heavy atom. The molecule has 7 N–H and O–H groups in total. The zero-order valence-electron chi connectivity index (χ0n) is 21.5. The van der Waals surface area contributed by atoms with Crippen molar-refractivity contribution in [2.24, 2.45) is 11.8 Å². The Labute approximate surface area is 217 Å². The summed E-state index contributed by atoms with van der Waals surface area (Å²) in [6.45, 7) is 9.11. The maximum absolute atomic E-state index is 13.0. The van der Waals surface area contributed by atoms with Crippen LogP contribution in [-0.4, -0.2) is 88.4 Å². The standard InChI is InChI=1S/C23H41N5O7S/c1-11(2)9-15(23(34)35)25-20(31)16(10-36)26-22(33)18(13(5)29)28-21(32)17(12(3)4)27-19(30)14-7-6-8-24-14/h11-18,24,29,36H,6-10H2,1-5H3,(H,25,31)(H,26,33)(H,27,30)(H,28,32)(H,34,35)/t13-,14+,15+,16+,17+,18+/m1/s1. The number of hydrogen-bond donors (Lipinski definition) is 8. The number of amides is 4. The van der Waals surface area contributed by atoms with E-state index in [1.807, 2.05) is 13.8 Å². The van der Waals surface area contributed by atoms with Crippen molar-refractivity contribution in [2.75, 3.05) is 12.3 Å². The minimum absolute atomic E-state index is 0.00381. The molecular formula is C23H41N5O7S. The van der Waals surface area contributed by atoms with Crippen LogP contribution in [0.4, 0.5) is 0 Å². The largest absolute Gasteiger partial charge is 0.480 e. The van der Waals surface area contributed by atoms with Crippen molar-refractivity contribution < 1.29 is 34.2 Å². The molecule has 6 atom stereocenters. The Morgan fingerprint density at radius 2 is 1.47 bits per heavy atom. The number of thiol groups is 1. The number of aliphatic hydroxyl groups excluding tert-OH is 1.